The Labute approximate surface area is 161 Å². The maximum Gasteiger partial charge on any atom is 0.436 e. The molecule has 0 aromatic carbocycles. The van der Waals surface area contributed by atoms with E-state index in [1.807, 2.05) is 0 Å². The number of carbonyl (C=O) groups excluding carboxylic acids is 1. The summed E-state index contributed by atoms with van der Waals surface area (Å²) in [5, 5.41) is 11.0. The van der Waals surface area contributed by atoms with Crippen molar-refractivity contribution in [2.45, 2.75) is 46.0 Å². The molecule has 2 aromatic rings. The van der Waals surface area contributed by atoms with Crippen LogP contribution in [0.2, 0.25) is 5.02 Å². The van der Waals surface area contributed by atoms with Crippen molar-refractivity contribution in [1.82, 2.24) is 24.9 Å². The van der Waals surface area contributed by atoms with Crippen molar-refractivity contribution >= 4 is 33.4 Å². The first-order chi connectivity index (χ1) is 12.0. The first kappa shape index (κ1) is 20.8. The fourth-order valence-corrected chi connectivity index (χ4v) is 3.01. The van der Waals surface area contributed by atoms with Crippen LogP contribution in [-0.2, 0) is 17.5 Å². The number of aromatic nitrogens is 4. The number of nitrogens with one attached hydrogen (secondary N) is 1. The third-order valence-corrected chi connectivity index (χ3v) is 5.16. The lowest BCUT2D eigenvalue weighted by molar-refractivity contribution is -0.142. The Morgan fingerprint density at radius 3 is 2.54 bits per heavy atom. The zero-order valence-corrected chi connectivity index (χ0v) is 16.7. The average molecular weight is 457 g/mol. The Hall–Kier alpha value is -1.55. The summed E-state index contributed by atoms with van der Waals surface area (Å²) < 4.78 is 41.4. The van der Waals surface area contributed by atoms with Gasteiger partial charge in [0, 0.05) is 19.3 Å². The summed E-state index contributed by atoms with van der Waals surface area (Å²) in [6.45, 7) is 5.68. The van der Waals surface area contributed by atoms with Crippen LogP contribution in [0.15, 0.2) is 10.7 Å². The molecule has 1 unspecified atom stereocenters. The van der Waals surface area contributed by atoms with Gasteiger partial charge in [0.2, 0.25) is 5.91 Å². The number of alkyl halides is 3. The van der Waals surface area contributed by atoms with Crippen molar-refractivity contribution in [2.75, 3.05) is 6.54 Å². The summed E-state index contributed by atoms with van der Waals surface area (Å²) in [4.78, 5) is 12.2. The molecule has 0 saturated carbocycles. The zero-order valence-electron chi connectivity index (χ0n) is 14.4. The highest BCUT2D eigenvalue weighted by Gasteiger charge is 2.38. The third-order valence-electron chi connectivity index (χ3n) is 3.84. The summed E-state index contributed by atoms with van der Waals surface area (Å²) in [5.41, 5.74) is -0.0771. The van der Waals surface area contributed by atoms with Crippen molar-refractivity contribution in [3.8, 4) is 0 Å². The SMILES string of the molecule is Cc1nn(CCCNC(=O)C(C)n2nc(C(F)(F)F)c(Br)c2C)cc1Cl. The van der Waals surface area contributed by atoms with Gasteiger partial charge >= 0.3 is 6.18 Å². The van der Waals surface area contributed by atoms with Crippen LogP contribution in [0, 0.1) is 13.8 Å². The number of aryl methyl sites for hydroxylation is 2. The van der Waals surface area contributed by atoms with E-state index in [9.17, 15) is 18.0 Å². The summed E-state index contributed by atoms with van der Waals surface area (Å²) in [6.07, 6.45) is -2.29. The van der Waals surface area contributed by atoms with Crippen LogP contribution in [0.25, 0.3) is 0 Å². The van der Waals surface area contributed by atoms with Crippen molar-refractivity contribution in [3.05, 3.63) is 32.8 Å². The summed E-state index contributed by atoms with van der Waals surface area (Å²) >= 11 is 8.81. The van der Waals surface area contributed by atoms with Crippen LogP contribution in [0.1, 0.15) is 36.5 Å². The lowest BCUT2D eigenvalue weighted by Gasteiger charge is -2.14. The molecule has 2 heterocycles. The maximum atomic E-state index is 12.9. The average Bonchev–Trinajstić information content (AvgIpc) is 3.03. The highest BCUT2D eigenvalue weighted by molar-refractivity contribution is 9.10. The Morgan fingerprint density at radius 2 is 2.04 bits per heavy atom. The second-order valence-electron chi connectivity index (χ2n) is 5.84. The largest absolute Gasteiger partial charge is 0.436 e. The highest BCUT2D eigenvalue weighted by Crippen LogP contribution is 2.36. The quantitative estimate of drug-likeness (QED) is 0.671. The minimum absolute atomic E-state index is 0.157. The lowest BCUT2D eigenvalue weighted by atomic mass is 10.3. The minimum Gasteiger partial charge on any atom is -0.354 e. The van der Waals surface area contributed by atoms with E-state index in [0.717, 1.165) is 10.4 Å². The van der Waals surface area contributed by atoms with Crippen molar-refractivity contribution < 1.29 is 18.0 Å². The number of hydrogen-bond donors (Lipinski definition) is 1. The molecule has 0 bridgehead atoms. The van der Waals surface area contributed by atoms with E-state index in [4.69, 9.17) is 11.6 Å². The first-order valence-electron chi connectivity index (χ1n) is 7.81. The Balaban J connectivity index is 1.93. The molecule has 11 heteroatoms. The third kappa shape index (κ3) is 4.59. The Morgan fingerprint density at radius 1 is 1.38 bits per heavy atom. The normalized spacial score (nSPS) is 13.1. The molecule has 0 aliphatic heterocycles. The monoisotopic (exact) mass is 455 g/mol. The maximum absolute atomic E-state index is 12.9. The van der Waals surface area contributed by atoms with Crippen LogP contribution in [0.3, 0.4) is 0 Å². The molecule has 0 aliphatic carbocycles. The van der Waals surface area contributed by atoms with E-state index >= 15 is 0 Å². The van der Waals surface area contributed by atoms with Gasteiger partial charge in [-0.05, 0) is 43.1 Å². The molecule has 0 aliphatic rings. The number of amides is 1. The number of nitrogens with zero attached hydrogens (tertiary/aromatic N) is 4. The fourth-order valence-electron chi connectivity index (χ4n) is 2.38. The van der Waals surface area contributed by atoms with Gasteiger partial charge in [0.15, 0.2) is 5.69 Å². The molecule has 6 nitrogen and oxygen atoms in total. The minimum atomic E-state index is -4.59. The summed E-state index contributed by atoms with van der Waals surface area (Å²) in [5.74, 6) is -0.411. The number of hydrogen-bond acceptors (Lipinski definition) is 3. The van der Waals surface area contributed by atoms with Crippen LogP contribution in [0.5, 0.6) is 0 Å². The molecule has 1 N–H and O–H groups in total. The molecule has 1 atom stereocenters. The predicted octanol–water partition coefficient (Wildman–Crippen LogP) is 3.90. The van der Waals surface area contributed by atoms with Gasteiger partial charge in [0.05, 0.1) is 20.9 Å². The molecule has 144 valence electrons. The van der Waals surface area contributed by atoms with Crippen molar-refractivity contribution in [1.29, 1.82) is 0 Å². The standard InChI is InChI=1S/C15H18BrClF3N5O/c1-8-11(17)7-24(22-8)6-4-5-21-14(26)10(3)25-9(2)12(16)13(23-25)15(18,19)20/h7,10H,4-6H2,1-3H3,(H,21,26). The zero-order chi connectivity index (χ0) is 19.6. The molecular formula is C15H18BrClF3N5O. The van der Waals surface area contributed by atoms with Crippen LogP contribution < -0.4 is 5.32 Å². The second-order valence-corrected chi connectivity index (χ2v) is 7.04. The number of rotatable bonds is 6. The molecule has 26 heavy (non-hydrogen) atoms. The van der Waals surface area contributed by atoms with Gasteiger partial charge in [0.1, 0.15) is 6.04 Å². The summed E-state index contributed by atoms with van der Waals surface area (Å²) in [7, 11) is 0. The van der Waals surface area contributed by atoms with Gasteiger partial charge in [-0.3, -0.25) is 14.2 Å². The molecule has 2 rings (SSSR count). The molecule has 0 spiro atoms. The predicted molar refractivity (Wildman–Crippen MR) is 94.0 cm³/mol. The van der Waals surface area contributed by atoms with E-state index in [0.29, 0.717) is 24.5 Å². The first-order valence-corrected chi connectivity index (χ1v) is 8.98. The van der Waals surface area contributed by atoms with Crippen LogP contribution >= 0.6 is 27.5 Å². The summed E-state index contributed by atoms with van der Waals surface area (Å²) in [6, 6.07) is -0.871. The van der Waals surface area contributed by atoms with Gasteiger partial charge < -0.3 is 5.32 Å². The van der Waals surface area contributed by atoms with Crippen LogP contribution in [-0.4, -0.2) is 32.0 Å². The second kappa shape index (κ2) is 7.99. The van der Waals surface area contributed by atoms with E-state index in [1.165, 1.54) is 13.8 Å². The van der Waals surface area contributed by atoms with E-state index in [-0.39, 0.29) is 10.2 Å². The van der Waals surface area contributed by atoms with Gasteiger partial charge in [-0.1, -0.05) is 11.6 Å². The molecule has 2 aromatic heterocycles. The molecule has 1 amide bonds. The highest BCUT2D eigenvalue weighted by atomic mass is 79.9. The smallest absolute Gasteiger partial charge is 0.354 e. The fraction of sp³-hybridized carbons (Fsp3) is 0.533. The van der Waals surface area contributed by atoms with E-state index in [1.54, 1.807) is 17.8 Å². The van der Waals surface area contributed by atoms with Crippen molar-refractivity contribution in [2.24, 2.45) is 0 Å². The topological polar surface area (TPSA) is 64.7 Å². The number of halogens is 5. The lowest BCUT2D eigenvalue weighted by Crippen LogP contribution is -2.33. The van der Waals surface area contributed by atoms with Crippen LogP contribution in [0.4, 0.5) is 13.2 Å². The Bertz CT molecular complexity index is 783. The van der Waals surface area contributed by atoms with E-state index in [2.05, 4.69) is 31.4 Å². The number of carbonyl (C=O) groups is 1. The molecule has 0 fully saturated rings. The van der Waals surface area contributed by atoms with Gasteiger partial charge in [0.25, 0.3) is 0 Å². The van der Waals surface area contributed by atoms with Crippen molar-refractivity contribution in [3.63, 3.8) is 0 Å². The van der Waals surface area contributed by atoms with E-state index < -0.39 is 23.8 Å². The van der Waals surface area contributed by atoms with Gasteiger partial charge in [-0.2, -0.15) is 23.4 Å². The van der Waals surface area contributed by atoms with Gasteiger partial charge in [-0.15, -0.1) is 0 Å². The Kier molecular flexibility index (Phi) is 6.38. The molecular weight excluding hydrogens is 439 g/mol. The molecule has 0 radical (unpaired) electrons. The van der Waals surface area contributed by atoms with Gasteiger partial charge in [-0.25, -0.2) is 0 Å². The molecule has 0 saturated heterocycles.